The molecule has 1 saturated heterocycles. The van der Waals surface area contributed by atoms with Gasteiger partial charge in [0, 0.05) is 31.0 Å². The fraction of sp³-hybridized carbons (Fsp3) is 0.750. The third-order valence-corrected chi connectivity index (χ3v) is 4.02. The van der Waals surface area contributed by atoms with E-state index in [1.807, 2.05) is 0 Å². The van der Waals surface area contributed by atoms with E-state index in [4.69, 9.17) is 4.74 Å². The fourth-order valence-corrected chi connectivity index (χ4v) is 2.65. The molecular formula is C12H21ClN2OS. The van der Waals surface area contributed by atoms with Crippen LogP contribution < -0.4 is 5.32 Å². The molecule has 2 heterocycles. The van der Waals surface area contributed by atoms with Gasteiger partial charge in [0.25, 0.3) is 0 Å². The molecule has 1 aromatic heterocycles. The lowest BCUT2D eigenvalue weighted by molar-refractivity contribution is 0.185. The maximum atomic E-state index is 5.34. The average Bonchev–Trinajstić information content (AvgIpc) is 2.87. The molecule has 1 N–H and O–H groups in total. The first-order chi connectivity index (χ1) is 7.75. The molecule has 0 bridgehead atoms. The lowest BCUT2D eigenvalue weighted by Gasteiger charge is -2.07. The van der Waals surface area contributed by atoms with E-state index < -0.39 is 0 Å². The monoisotopic (exact) mass is 276 g/mol. The van der Waals surface area contributed by atoms with Crippen molar-refractivity contribution < 1.29 is 4.74 Å². The second kappa shape index (κ2) is 7.31. The first kappa shape index (κ1) is 14.9. The maximum absolute atomic E-state index is 5.34. The van der Waals surface area contributed by atoms with Crippen molar-refractivity contribution in [3.63, 3.8) is 0 Å². The number of hydrogen-bond acceptors (Lipinski definition) is 4. The summed E-state index contributed by atoms with van der Waals surface area (Å²) in [6, 6.07) is 0. The predicted octanol–water partition coefficient (Wildman–Crippen LogP) is 2.81. The van der Waals surface area contributed by atoms with E-state index in [9.17, 15) is 0 Å². The first-order valence-corrected chi connectivity index (χ1v) is 6.86. The molecule has 1 fully saturated rings. The van der Waals surface area contributed by atoms with Gasteiger partial charge >= 0.3 is 0 Å². The molecule has 17 heavy (non-hydrogen) atoms. The molecule has 2 rings (SSSR count). The number of nitrogens with zero attached hydrogens (tertiary/aromatic N) is 1. The van der Waals surface area contributed by atoms with Crippen LogP contribution in [0.1, 0.15) is 36.9 Å². The van der Waals surface area contributed by atoms with E-state index >= 15 is 0 Å². The third-order valence-electron chi connectivity index (χ3n) is 2.83. The summed E-state index contributed by atoms with van der Waals surface area (Å²) in [6.07, 6.45) is 1.20. The van der Waals surface area contributed by atoms with Gasteiger partial charge in [0.15, 0.2) is 0 Å². The van der Waals surface area contributed by atoms with Gasteiger partial charge in [-0.15, -0.1) is 23.7 Å². The van der Waals surface area contributed by atoms with Crippen LogP contribution in [0.25, 0.3) is 0 Å². The Kier molecular flexibility index (Phi) is 6.41. The van der Waals surface area contributed by atoms with Gasteiger partial charge in [-0.3, -0.25) is 0 Å². The number of nitrogens with one attached hydrogen (secondary N) is 1. The Morgan fingerprint density at radius 2 is 2.41 bits per heavy atom. The van der Waals surface area contributed by atoms with Crippen molar-refractivity contribution in [3.8, 4) is 0 Å². The Bertz CT molecular complexity index is 324. The molecule has 0 spiro atoms. The number of rotatable bonds is 5. The topological polar surface area (TPSA) is 34.2 Å². The van der Waals surface area contributed by atoms with Crippen LogP contribution in [0.4, 0.5) is 0 Å². The number of hydrogen-bond donors (Lipinski definition) is 1. The van der Waals surface area contributed by atoms with Gasteiger partial charge in [0.1, 0.15) is 0 Å². The molecule has 3 nitrogen and oxygen atoms in total. The molecule has 0 aliphatic carbocycles. The molecular weight excluding hydrogens is 256 g/mol. The Balaban J connectivity index is 0.00000144. The van der Waals surface area contributed by atoms with Crippen LogP contribution in [0.15, 0.2) is 5.38 Å². The predicted molar refractivity (Wildman–Crippen MR) is 74.1 cm³/mol. The SMILES string of the molecule is CC(C)c1nc(CNCC2CCOC2)cs1.Cl. The maximum Gasteiger partial charge on any atom is 0.0954 e. The Hall–Kier alpha value is -0.160. The van der Waals surface area contributed by atoms with Gasteiger partial charge in [-0.05, 0) is 12.3 Å². The summed E-state index contributed by atoms with van der Waals surface area (Å²) in [5, 5.41) is 6.86. The van der Waals surface area contributed by atoms with Crippen LogP contribution in [-0.2, 0) is 11.3 Å². The van der Waals surface area contributed by atoms with Crippen molar-refractivity contribution in [1.29, 1.82) is 0 Å². The van der Waals surface area contributed by atoms with E-state index in [-0.39, 0.29) is 12.4 Å². The number of thiazole rings is 1. The normalized spacial score (nSPS) is 19.6. The van der Waals surface area contributed by atoms with E-state index in [2.05, 4.69) is 29.5 Å². The van der Waals surface area contributed by atoms with Crippen molar-refractivity contribution in [2.75, 3.05) is 19.8 Å². The summed E-state index contributed by atoms with van der Waals surface area (Å²) >= 11 is 1.76. The van der Waals surface area contributed by atoms with Gasteiger partial charge in [-0.25, -0.2) is 4.98 Å². The minimum absolute atomic E-state index is 0. The average molecular weight is 277 g/mol. The zero-order valence-electron chi connectivity index (χ0n) is 10.4. The Labute approximate surface area is 113 Å². The molecule has 1 aromatic rings. The highest BCUT2D eigenvalue weighted by atomic mass is 35.5. The lowest BCUT2D eigenvalue weighted by atomic mass is 10.1. The molecule has 0 saturated carbocycles. The lowest BCUT2D eigenvalue weighted by Crippen LogP contribution is -2.22. The summed E-state index contributed by atoms with van der Waals surface area (Å²) in [7, 11) is 0. The standard InChI is InChI=1S/C12H20N2OS.ClH/c1-9(2)12-14-11(8-16-12)6-13-5-10-3-4-15-7-10;/h8-10,13H,3-7H2,1-2H3;1H. The highest BCUT2D eigenvalue weighted by Gasteiger charge is 2.14. The number of aromatic nitrogens is 1. The van der Waals surface area contributed by atoms with Gasteiger partial charge in [-0.2, -0.15) is 0 Å². The van der Waals surface area contributed by atoms with E-state index in [1.54, 1.807) is 11.3 Å². The fourth-order valence-electron chi connectivity index (χ4n) is 1.82. The largest absolute Gasteiger partial charge is 0.381 e. The molecule has 98 valence electrons. The van der Waals surface area contributed by atoms with Crippen molar-refractivity contribution in [1.82, 2.24) is 10.3 Å². The highest BCUT2D eigenvalue weighted by molar-refractivity contribution is 7.09. The van der Waals surface area contributed by atoms with Gasteiger partial charge in [0.05, 0.1) is 17.3 Å². The van der Waals surface area contributed by atoms with Gasteiger partial charge < -0.3 is 10.1 Å². The second-order valence-corrected chi connectivity index (χ2v) is 5.58. The molecule has 1 aliphatic rings. The summed E-state index contributed by atoms with van der Waals surface area (Å²) in [6.45, 7) is 8.16. The summed E-state index contributed by atoms with van der Waals surface area (Å²) < 4.78 is 5.34. The van der Waals surface area contributed by atoms with Crippen molar-refractivity contribution in [3.05, 3.63) is 16.1 Å². The van der Waals surface area contributed by atoms with E-state index in [1.165, 1.54) is 17.1 Å². The molecule has 0 amide bonds. The third kappa shape index (κ3) is 4.54. The number of halogens is 1. The summed E-state index contributed by atoms with van der Waals surface area (Å²) in [5.74, 6) is 1.24. The van der Waals surface area contributed by atoms with E-state index in [0.29, 0.717) is 11.8 Å². The Morgan fingerprint density at radius 1 is 1.59 bits per heavy atom. The summed E-state index contributed by atoms with van der Waals surface area (Å²) in [4.78, 5) is 4.60. The second-order valence-electron chi connectivity index (χ2n) is 4.69. The zero-order valence-corrected chi connectivity index (χ0v) is 12.1. The molecule has 0 radical (unpaired) electrons. The van der Waals surface area contributed by atoms with Crippen molar-refractivity contribution >= 4 is 23.7 Å². The smallest absolute Gasteiger partial charge is 0.0954 e. The van der Waals surface area contributed by atoms with Crippen molar-refractivity contribution in [2.45, 2.75) is 32.7 Å². The van der Waals surface area contributed by atoms with Crippen LogP contribution in [0.3, 0.4) is 0 Å². The van der Waals surface area contributed by atoms with Crippen LogP contribution in [0.5, 0.6) is 0 Å². The Morgan fingerprint density at radius 3 is 3.00 bits per heavy atom. The van der Waals surface area contributed by atoms with Crippen LogP contribution >= 0.6 is 23.7 Å². The molecule has 1 aliphatic heterocycles. The van der Waals surface area contributed by atoms with E-state index in [0.717, 1.165) is 26.3 Å². The van der Waals surface area contributed by atoms with Gasteiger partial charge in [-0.1, -0.05) is 13.8 Å². The minimum atomic E-state index is 0. The molecule has 5 heteroatoms. The van der Waals surface area contributed by atoms with Gasteiger partial charge in [0.2, 0.25) is 0 Å². The van der Waals surface area contributed by atoms with Crippen LogP contribution in [-0.4, -0.2) is 24.7 Å². The van der Waals surface area contributed by atoms with Crippen LogP contribution in [0, 0.1) is 5.92 Å². The molecule has 1 atom stereocenters. The molecule has 1 unspecified atom stereocenters. The van der Waals surface area contributed by atoms with Crippen LogP contribution in [0.2, 0.25) is 0 Å². The summed E-state index contributed by atoms with van der Waals surface area (Å²) in [5.41, 5.74) is 1.17. The quantitative estimate of drug-likeness (QED) is 0.898. The zero-order chi connectivity index (χ0) is 11.4. The minimum Gasteiger partial charge on any atom is -0.381 e. The first-order valence-electron chi connectivity index (χ1n) is 5.98. The molecule has 0 aromatic carbocycles. The van der Waals surface area contributed by atoms with Crippen molar-refractivity contribution in [2.24, 2.45) is 5.92 Å². The number of ether oxygens (including phenoxy) is 1. The highest BCUT2D eigenvalue weighted by Crippen LogP contribution is 2.19.